The summed E-state index contributed by atoms with van der Waals surface area (Å²) in [6.45, 7) is 4.82. The molecular formula is C21H25NO5. The number of nitrogens with zero attached hydrogens (tertiary/aromatic N) is 1. The van der Waals surface area contributed by atoms with Crippen molar-refractivity contribution in [3.05, 3.63) is 59.7 Å². The molecule has 1 amide bonds. The lowest BCUT2D eigenvalue weighted by Gasteiger charge is -2.25. The molecule has 2 aromatic carbocycles. The number of esters is 1. The molecule has 6 heteroatoms. The molecule has 0 aromatic heterocycles. The van der Waals surface area contributed by atoms with Gasteiger partial charge in [-0.15, -0.1) is 0 Å². The van der Waals surface area contributed by atoms with Gasteiger partial charge in [-0.05, 0) is 26.0 Å². The van der Waals surface area contributed by atoms with Crippen LogP contribution in [0.3, 0.4) is 0 Å². The van der Waals surface area contributed by atoms with E-state index in [9.17, 15) is 9.59 Å². The van der Waals surface area contributed by atoms with E-state index in [1.807, 2.05) is 19.9 Å². The molecule has 0 fully saturated rings. The van der Waals surface area contributed by atoms with Crippen LogP contribution in [0.5, 0.6) is 11.5 Å². The third kappa shape index (κ3) is 4.58. The number of ether oxygens (including phenoxy) is 3. The minimum atomic E-state index is -1.03. The number of carbonyl (C=O) groups is 2. The number of rotatable bonds is 8. The Morgan fingerprint density at radius 3 is 2.15 bits per heavy atom. The summed E-state index contributed by atoms with van der Waals surface area (Å²) in [4.78, 5) is 27.4. The van der Waals surface area contributed by atoms with E-state index in [0.717, 1.165) is 0 Å². The van der Waals surface area contributed by atoms with Crippen LogP contribution in [0, 0.1) is 0 Å². The van der Waals surface area contributed by atoms with E-state index < -0.39 is 12.1 Å². The zero-order valence-electron chi connectivity index (χ0n) is 16.1. The molecule has 144 valence electrons. The SMILES string of the molecule is CCN(CC)C(=O)[C@H](OC(=O)c1cccc(OC)c1OC)c1ccccc1. The monoisotopic (exact) mass is 371 g/mol. The summed E-state index contributed by atoms with van der Waals surface area (Å²) in [6, 6.07) is 13.9. The van der Waals surface area contributed by atoms with Crippen LogP contribution in [0.25, 0.3) is 0 Å². The van der Waals surface area contributed by atoms with Crippen LogP contribution >= 0.6 is 0 Å². The van der Waals surface area contributed by atoms with Crippen molar-refractivity contribution >= 4 is 11.9 Å². The third-order valence-electron chi connectivity index (χ3n) is 4.25. The smallest absolute Gasteiger partial charge is 0.343 e. The second kappa shape index (κ2) is 9.62. The second-order valence-corrected chi connectivity index (χ2v) is 5.75. The minimum Gasteiger partial charge on any atom is -0.493 e. The highest BCUT2D eigenvalue weighted by atomic mass is 16.6. The lowest BCUT2D eigenvalue weighted by molar-refractivity contribution is -0.140. The average molecular weight is 371 g/mol. The van der Waals surface area contributed by atoms with Crippen molar-refractivity contribution < 1.29 is 23.8 Å². The maximum atomic E-state index is 12.9. The molecule has 0 aliphatic rings. The highest BCUT2D eigenvalue weighted by Gasteiger charge is 2.30. The van der Waals surface area contributed by atoms with Gasteiger partial charge in [-0.1, -0.05) is 36.4 Å². The van der Waals surface area contributed by atoms with Crippen LogP contribution < -0.4 is 9.47 Å². The Balaban J connectivity index is 2.38. The van der Waals surface area contributed by atoms with E-state index in [0.29, 0.717) is 24.4 Å². The first-order chi connectivity index (χ1) is 13.1. The predicted molar refractivity (Wildman–Crippen MR) is 102 cm³/mol. The number of amides is 1. The van der Waals surface area contributed by atoms with Crippen molar-refractivity contribution in [2.24, 2.45) is 0 Å². The van der Waals surface area contributed by atoms with Crippen molar-refractivity contribution in [1.29, 1.82) is 0 Å². The standard InChI is InChI=1S/C21H25NO5/c1-5-22(6-2)20(23)18(15-11-8-7-9-12-15)27-21(24)16-13-10-14-17(25-3)19(16)26-4/h7-14,18H,5-6H2,1-4H3/t18-/m1/s1. The van der Waals surface area contributed by atoms with Gasteiger partial charge in [0, 0.05) is 18.7 Å². The van der Waals surface area contributed by atoms with Gasteiger partial charge in [0.15, 0.2) is 11.5 Å². The predicted octanol–water partition coefficient (Wildman–Crippen LogP) is 3.47. The lowest BCUT2D eigenvalue weighted by atomic mass is 10.1. The van der Waals surface area contributed by atoms with Crippen LogP contribution in [0.4, 0.5) is 0 Å². The molecule has 0 radical (unpaired) electrons. The number of methoxy groups -OCH3 is 2. The van der Waals surface area contributed by atoms with Crippen LogP contribution in [0.15, 0.2) is 48.5 Å². The summed E-state index contributed by atoms with van der Waals surface area (Å²) in [5, 5.41) is 0. The highest BCUT2D eigenvalue weighted by molar-refractivity contribution is 5.95. The van der Waals surface area contributed by atoms with Gasteiger partial charge in [0.1, 0.15) is 5.56 Å². The number of hydrogen-bond acceptors (Lipinski definition) is 5. The molecule has 1 atom stereocenters. The molecule has 0 aliphatic heterocycles. The molecule has 0 bridgehead atoms. The maximum Gasteiger partial charge on any atom is 0.343 e. The summed E-state index contributed by atoms with van der Waals surface area (Å²) >= 11 is 0. The van der Waals surface area contributed by atoms with Gasteiger partial charge >= 0.3 is 5.97 Å². The van der Waals surface area contributed by atoms with E-state index in [-0.39, 0.29) is 17.2 Å². The fraction of sp³-hybridized carbons (Fsp3) is 0.333. The van der Waals surface area contributed by atoms with Crippen molar-refractivity contribution in [3.8, 4) is 11.5 Å². The first-order valence-corrected chi connectivity index (χ1v) is 8.83. The fourth-order valence-electron chi connectivity index (χ4n) is 2.81. The molecule has 0 saturated carbocycles. The van der Waals surface area contributed by atoms with Gasteiger partial charge in [0.2, 0.25) is 6.10 Å². The summed E-state index contributed by atoms with van der Waals surface area (Å²) < 4.78 is 16.2. The Morgan fingerprint density at radius 2 is 1.59 bits per heavy atom. The molecule has 2 aromatic rings. The molecule has 0 heterocycles. The molecule has 2 rings (SSSR count). The zero-order chi connectivity index (χ0) is 19.8. The number of carbonyl (C=O) groups excluding carboxylic acids is 2. The largest absolute Gasteiger partial charge is 0.493 e. The summed E-state index contributed by atoms with van der Waals surface area (Å²) in [5.74, 6) is -0.230. The minimum absolute atomic E-state index is 0.199. The topological polar surface area (TPSA) is 65.1 Å². The first-order valence-electron chi connectivity index (χ1n) is 8.83. The maximum absolute atomic E-state index is 12.9. The molecule has 27 heavy (non-hydrogen) atoms. The number of para-hydroxylation sites is 1. The van der Waals surface area contributed by atoms with E-state index in [4.69, 9.17) is 14.2 Å². The Bertz CT molecular complexity index is 771. The molecule has 0 saturated heterocycles. The summed E-state index contributed by atoms with van der Waals surface area (Å²) in [7, 11) is 2.94. The third-order valence-corrected chi connectivity index (χ3v) is 4.25. The Kier molecular flexibility index (Phi) is 7.23. The van der Waals surface area contributed by atoms with Crippen molar-refractivity contribution in [3.63, 3.8) is 0 Å². The molecule has 0 spiro atoms. The molecule has 0 aliphatic carbocycles. The summed E-state index contributed by atoms with van der Waals surface area (Å²) in [5.41, 5.74) is 0.815. The van der Waals surface area contributed by atoms with Crippen LogP contribution in [-0.4, -0.2) is 44.1 Å². The fourth-order valence-corrected chi connectivity index (χ4v) is 2.81. The van der Waals surface area contributed by atoms with Crippen LogP contribution in [-0.2, 0) is 9.53 Å². The Morgan fingerprint density at radius 1 is 0.926 bits per heavy atom. The van der Waals surface area contributed by atoms with Gasteiger partial charge in [0.05, 0.1) is 14.2 Å². The molecule has 0 unspecified atom stereocenters. The van der Waals surface area contributed by atoms with Crippen molar-refractivity contribution in [1.82, 2.24) is 4.90 Å². The number of hydrogen-bond donors (Lipinski definition) is 0. The van der Waals surface area contributed by atoms with Gasteiger partial charge in [-0.2, -0.15) is 0 Å². The molecule has 0 N–H and O–H groups in total. The first kappa shape index (κ1) is 20.3. The summed E-state index contributed by atoms with van der Waals surface area (Å²) in [6.07, 6.45) is -1.03. The quantitative estimate of drug-likeness (QED) is 0.665. The van der Waals surface area contributed by atoms with Crippen molar-refractivity contribution in [2.45, 2.75) is 20.0 Å². The molecule has 6 nitrogen and oxygen atoms in total. The highest BCUT2D eigenvalue weighted by Crippen LogP contribution is 2.32. The average Bonchev–Trinajstić information content (AvgIpc) is 2.72. The van der Waals surface area contributed by atoms with Gasteiger partial charge in [0.25, 0.3) is 5.91 Å². The van der Waals surface area contributed by atoms with Crippen LogP contribution in [0.2, 0.25) is 0 Å². The van der Waals surface area contributed by atoms with Crippen LogP contribution in [0.1, 0.15) is 35.9 Å². The van der Waals surface area contributed by atoms with E-state index in [1.165, 1.54) is 14.2 Å². The van der Waals surface area contributed by atoms with Gasteiger partial charge in [-0.3, -0.25) is 4.79 Å². The normalized spacial score (nSPS) is 11.4. The second-order valence-electron chi connectivity index (χ2n) is 5.75. The van der Waals surface area contributed by atoms with E-state index in [2.05, 4.69) is 0 Å². The van der Waals surface area contributed by atoms with Gasteiger partial charge < -0.3 is 19.1 Å². The Hall–Kier alpha value is -3.02. The number of likely N-dealkylation sites (N-methyl/N-ethyl adjacent to an activating group) is 1. The van der Waals surface area contributed by atoms with E-state index >= 15 is 0 Å². The number of benzene rings is 2. The van der Waals surface area contributed by atoms with Gasteiger partial charge in [-0.25, -0.2) is 4.79 Å². The van der Waals surface area contributed by atoms with E-state index in [1.54, 1.807) is 47.4 Å². The zero-order valence-corrected chi connectivity index (χ0v) is 16.1. The lowest BCUT2D eigenvalue weighted by Crippen LogP contribution is -2.36. The van der Waals surface area contributed by atoms with Crippen molar-refractivity contribution in [2.75, 3.05) is 27.3 Å². The Labute approximate surface area is 159 Å². The molecular weight excluding hydrogens is 346 g/mol.